The van der Waals surface area contributed by atoms with Gasteiger partial charge in [-0.05, 0) is 48.9 Å². The third-order valence-corrected chi connectivity index (χ3v) is 5.98. The zero-order valence-corrected chi connectivity index (χ0v) is 20.4. The Labute approximate surface area is 200 Å². The van der Waals surface area contributed by atoms with Crippen molar-refractivity contribution in [2.75, 3.05) is 59.5 Å². The Kier molecular flexibility index (Phi) is 8.59. The Bertz CT molecular complexity index is 970. The van der Waals surface area contributed by atoms with Crippen LogP contribution in [0.1, 0.15) is 22.8 Å². The molecule has 1 aliphatic rings. The van der Waals surface area contributed by atoms with Gasteiger partial charge in [-0.3, -0.25) is 9.69 Å². The van der Waals surface area contributed by atoms with Crippen molar-refractivity contribution in [2.45, 2.75) is 19.5 Å². The first-order valence-corrected chi connectivity index (χ1v) is 11.1. The van der Waals surface area contributed by atoms with Gasteiger partial charge in [0, 0.05) is 37.9 Å². The summed E-state index contributed by atoms with van der Waals surface area (Å²) >= 11 is 0. The number of anilines is 1. The lowest BCUT2D eigenvalue weighted by atomic mass is 10.1. The summed E-state index contributed by atoms with van der Waals surface area (Å²) in [6, 6.07) is 11.3. The van der Waals surface area contributed by atoms with Crippen LogP contribution >= 0.6 is 0 Å². The van der Waals surface area contributed by atoms with Crippen LogP contribution in [0.3, 0.4) is 0 Å². The van der Waals surface area contributed by atoms with Crippen LogP contribution in [0.15, 0.2) is 36.4 Å². The molecule has 2 aromatic rings. The highest BCUT2D eigenvalue weighted by Crippen LogP contribution is 2.38. The lowest BCUT2D eigenvalue weighted by Crippen LogP contribution is -2.54. The van der Waals surface area contributed by atoms with Gasteiger partial charge in [0.05, 0.1) is 40.5 Å². The number of hydrogen-bond acceptors (Lipinski definition) is 8. The fourth-order valence-electron chi connectivity index (χ4n) is 4.07. The number of esters is 1. The molecule has 0 radical (unpaired) electrons. The van der Waals surface area contributed by atoms with Crippen molar-refractivity contribution < 1.29 is 28.5 Å². The second-order valence-corrected chi connectivity index (χ2v) is 8.11. The number of carbonyl (C=O) groups excluding carboxylic acids is 2. The third kappa shape index (κ3) is 5.91. The summed E-state index contributed by atoms with van der Waals surface area (Å²) in [7, 11) is 6.06. The highest BCUT2D eigenvalue weighted by atomic mass is 16.5. The van der Waals surface area contributed by atoms with Crippen molar-refractivity contribution in [3.63, 3.8) is 0 Å². The topological polar surface area (TPSA) is 89.6 Å². The molecule has 0 aliphatic carbocycles. The maximum atomic E-state index is 12.6. The normalized spacial score (nSPS) is 16.0. The molecule has 1 aliphatic heterocycles. The van der Waals surface area contributed by atoms with E-state index in [-0.39, 0.29) is 17.9 Å². The Balaban J connectivity index is 1.53. The minimum atomic E-state index is -0.345. The number of nitrogens with one attached hydrogen (secondary N) is 1. The number of ether oxygens (including phenoxy) is 4. The largest absolute Gasteiger partial charge is 0.493 e. The van der Waals surface area contributed by atoms with Gasteiger partial charge in [-0.25, -0.2) is 4.79 Å². The van der Waals surface area contributed by atoms with Crippen LogP contribution in [0.5, 0.6) is 17.2 Å². The quantitative estimate of drug-likeness (QED) is 0.558. The summed E-state index contributed by atoms with van der Waals surface area (Å²) in [6.45, 7) is 5.13. The van der Waals surface area contributed by atoms with Gasteiger partial charge in [0.1, 0.15) is 0 Å². The maximum Gasteiger partial charge on any atom is 0.337 e. The van der Waals surface area contributed by atoms with Crippen molar-refractivity contribution in [1.29, 1.82) is 0 Å². The molecular weight excluding hydrogens is 438 g/mol. The van der Waals surface area contributed by atoms with Crippen LogP contribution in [0, 0.1) is 0 Å². The Morgan fingerprint density at radius 3 is 2.15 bits per heavy atom. The number of rotatable bonds is 9. The van der Waals surface area contributed by atoms with Crippen LogP contribution in [0.4, 0.5) is 5.69 Å². The molecule has 1 unspecified atom stereocenters. The highest BCUT2D eigenvalue weighted by Gasteiger charge is 2.25. The molecule has 9 heteroatoms. The van der Waals surface area contributed by atoms with E-state index in [0.29, 0.717) is 35.9 Å². The molecule has 0 saturated carbocycles. The van der Waals surface area contributed by atoms with Gasteiger partial charge in [-0.1, -0.05) is 0 Å². The molecule has 34 heavy (non-hydrogen) atoms. The van der Waals surface area contributed by atoms with Crippen molar-refractivity contribution in [2.24, 2.45) is 0 Å². The maximum absolute atomic E-state index is 12.6. The number of benzene rings is 2. The van der Waals surface area contributed by atoms with E-state index in [1.807, 2.05) is 24.3 Å². The van der Waals surface area contributed by atoms with Crippen molar-refractivity contribution in [1.82, 2.24) is 10.2 Å². The second-order valence-electron chi connectivity index (χ2n) is 8.11. The van der Waals surface area contributed by atoms with E-state index in [9.17, 15) is 9.59 Å². The van der Waals surface area contributed by atoms with Crippen molar-refractivity contribution in [3.05, 3.63) is 47.5 Å². The zero-order valence-electron chi connectivity index (χ0n) is 20.4. The van der Waals surface area contributed by atoms with E-state index in [4.69, 9.17) is 18.9 Å². The average molecular weight is 472 g/mol. The van der Waals surface area contributed by atoms with Crippen molar-refractivity contribution >= 4 is 17.6 Å². The van der Waals surface area contributed by atoms with Gasteiger partial charge in [0.15, 0.2) is 11.5 Å². The smallest absolute Gasteiger partial charge is 0.337 e. The van der Waals surface area contributed by atoms with Gasteiger partial charge in [0.25, 0.3) is 0 Å². The number of nitrogens with zero attached hydrogens (tertiary/aromatic N) is 2. The van der Waals surface area contributed by atoms with E-state index >= 15 is 0 Å². The molecule has 9 nitrogen and oxygen atoms in total. The predicted octanol–water partition coefficient (Wildman–Crippen LogP) is 2.33. The fourth-order valence-corrected chi connectivity index (χ4v) is 4.07. The predicted molar refractivity (Wildman–Crippen MR) is 129 cm³/mol. The van der Waals surface area contributed by atoms with E-state index in [1.165, 1.54) is 7.11 Å². The lowest BCUT2D eigenvalue weighted by Gasteiger charge is -2.40. The number of methoxy groups -OCH3 is 4. The van der Waals surface area contributed by atoms with Gasteiger partial charge in [-0.15, -0.1) is 0 Å². The minimum absolute atomic E-state index is 0.0449. The molecule has 3 rings (SSSR count). The van der Waals surface area contributed by atoms with Crippen LogP contribution in [-0.2, 0) is 16.1 Å². The first-order valence-electron chi connectivity index (χ1n) is 11.1. The van der Waals surface area contributed by atoms with Crippen LogP contribution in [-0.4, -0.2) is 77.4 Å². The van der Waals surface area contributed by atoms with Crippen molar-refractivity contribution in [3.8, 4) is 17.2 Å². The van der Waals surface area contributed by atoms with Crippen LogP contribution in [0.25, 0.3) is 0 Å². The zero-order chi connectivity index (χ0) is 24.7. The molecule has 2 aromatic carbocycles. The summed E-state index contributed by atoms with van der Waals surface area (Å²) in [6.07, 6.45) is 0. The third-order valence-electron chi connectivity index (χ3n) is 5.98. The molecule has 1 saturated heterocycles. The molecule has 0 spiro atoms. The van der Waals surface area contributed by atoms with E-state index < -0.39 is 0 Å². The SMILES string of the molecule is COC(=O)c1ccc(N2CCN(CC(=O)NCc3cc(OC)c(OC)c(OC)c3)C(C)C2)cc1. The van der Waals surface area contributed by atoms with E-state index in [1.54, 1.807) is 33.5 Å². The van der Waals surface area contributed by atoms with Gasteiger partial charge >= 0.3 is 5.97 Å². The minimum Gasteiger partial charge on any atom is -0.493 e. The van der Waals surface area contributed by atoms with E-state index in [2.05, 4.69) is 22.0 Å². The molecule has 1 atom stereocenters. The second kappa shape index (κ2) is 11.6. The molecule has 0 aromatic heterocycles. The summed E-state index contributed by atoms with van der Waals surface area (Å²) in [5.74, 6) is 1.23. The Morgan fingerprint density at radius 2 is 1.62 bits per heavy atom. The molecule has 1 heterocycles. The summed E-state index contributed by atoms with van der Waals surface area (Å²) in [5.41, 5.74) is 2.43. The number of hydrogen-bond donors (Lipinski definition) is 1. The Hall–Kier alpha value is -3.46. The van der Waals surface area contributed by atoms with Crippen LogP contribution in [0.2, 0.25) is 0 Å². The van der Waals surface area contributed by atoms with Crippen LogP contribution < -0.4 is 24.4 Å². The molecule has 184 valence electrons. The molecule has 1 fully saturated rings. The summed E-state index contributed by atoms with van der Waals surface area (Å²) < 4.78 is 20.9. The molecule has 1 amide bonds. The van der Waals surface area contributed by atoms with Gasteiger partial charge in [0.2, 0.25) is 11.7 Å². The summed E-state index contributed by atoms with van der Waals surface area (Å²) in [4.78, 5) is 28.7. The molecule has 1 N–H and O–H groups in total. The number of carbonyl (C=O) groups is 2. The first-order chi connectivity index (χ1) is 16.4. The van der Waals surface area contributed by atoms with Gasteiger partial charge in [-0.2, -0.15) is 0 Å². The highest BCUT2D eigenvalue weighted by molar-refractivity contribution is 5.89. The van der Waals surface area contributed by atoms with E-state index in [0.717, 1.165) is 30.9 Å². The summed E-state index contributed by atoms with van der Waals surface area (Å²) in [5, 5.41) is 2.98. The number of piperazine rings is 1. The van der Waals surface area contributed by atoms with Gasteiger partial charge < -0.3 is 29.2 Å². The molecule has 0 bridgehead atoms. The standard InChI is InChI=1S/C25H33N3O6/c1-17-15-28(20-8-6-19(7-9-20)25(30)34-5)11-10-27(17)16-23(29)26-14-18-12-21(31-2)24(33-4)22(13-18)32-3/h6-9,12-13,17H,10-11,14-16H2,1-5H3,(H,26,29). The number of amides is 1. The monoisotopic (exact) mass is 471 g/mol. The average Bonchev–Trinajstić information content (AvgIpc) is 2.87. The fraction of sp³-hybridized carbons (Fsp3) is 0.440. The lowest BCUT2D eigenvalue weighted by molar-refractivity contribution is -0.123. The Morgan fingerprint density at radius 1 is 0.971 bits per heavy atom. The molecular formula is C25H33N3O6. The first kappa shape index (κ1) is 25.2.